The minimum Gasteiger partial charge on any atom is -0.269 e. The molecule has 0 saturated heterocycles. The van der Waals surface area contributed by atoms with E-state index in [0.29, 0.717) is 5.70 Å². The van der Waals surface area contributed by atoms with E-state index in [1.807, 2.05) is 0 Å². The minimum absolute atomic E-state index is 0.310. The lowest BCUT2D eigenvalue weighted by Gasteiger charge is -2.12. The number of rotatable bonds is 2. The van der Waals surface area contributed by atoms with E-state index in [1.165, 1.54) is 18.2 Å². The maximum atomic E-state index is 10.9. The van der Waals surface area contributed by atoms with E-state index in [2.05, 4.69) is 13.2 Å². The van der Waals surface area contributed by atoms with Crippen molar-refractivity contribution in [2.45, 2.75) is 0 Å². The summed E-state index contributed by atoms with van der Waals surface area (Å²) in [5, 5.41) is 0. The number of allylic oxidation sites excluding steroid dienone is 1. The molecule has 0 fully saturated rings. The normalized spacial score (nSPS) is 15.8. The first-order chi connectivity index (χ1) is 5.16. The zero-order chi connectivity index (χ0) is 8.43. The molecule has 0 bridgehead atoms. The van der Waals surface area contributed by atoms with Crippen molar-refractivity contribution < 1.29 is 9.59 Å². The average Bonchev–Trinajstić information content (AvgIpc) is 2.30. The first-order valence-electron chi connectivity index (χ1n) is 3.04. The summed E-state index contributed by atoms with van der Waals surface area (Å²) in [6, 6.07) is 0. The molecule has 1 rings (SSSR count). The fourth-order valence-electron chi connectivity index (χ4n) is 0.775. The number of nitrogens with zero attached hydrogens (tertiary/aromatic N) is 1. The van der Waals surface area contributed by atoms with Gasteiger partial charge in [-0.15, -0.1) is 0 Å². The van der Waals surface area contributed by atoms with Gasteiger partial charge in [0, 0.05) is 17.8 Å². The molecule has 1 aliphatic heterocycles. The summed E-state index contributed by atoms with van der Waals surface area (Å²) in [4.78, 5) is 22.8. The molecule has 0 radical (unpaired) electrons. The SMILES string of the molecule is C=CC(=C)N1C(=O)C=CC1=O. The summed E-state index contributed by atoms with van der Waals surface area (Å²) in [7, 11) is 0. The van der Waals surface area contributed by atoms with Gasteiger partial charge in [0.25, 0.3) is 11.8 Å². The van der Waals surface area contributed by atoms with Crippen LogP contribution in [0.5, 0.6) is 0 Å². The van der Waals surface area contributed by atoms with Crippen molar-refractivity contribution in [2.75, 3.05) is 0 Å². The van der Waals surface area contributed by atoms with E-state index in [1.54, 1.807) is 0 Å². The largest absolute Gasteiger partial charge is 0.269 e. The van der Waals surface area contributed by atoms with Crippen LogP contribution in [0.15, 0.2) is 37.1 Å². The molecule has 3 heteroatoms. The number of hydrogen-bond acceptors (Lipinski definition) is 2. The second kappa shape index (κ2) is 2.54. The average molecular weight is 149 g/mol. The molecular weight excluding hydrogens is 142 g/mol. The lowest BCUT2D eigenvalue weighted by atomic mass is 10.4. The fraction of sp³-hybridized carbons (Fsp3) is 0. The van der Waals surface area contributed by atoms with Gasteiger partial charge in [0.05, 0.1) is 0 Å². The number of imide groups is 1. The molecule has 1 heterocycles. The number of carbonyl (C=O) groups is 2. The Hall–Kier alpha value is -1.64. The zero-order valence-corrected chi connectivity index (χ0v) is 5.91. The maximum absolute atomic E-state index is 10.9. The highest BCUT2D eigenvalue weighted by atomic mass is 16.2. The summed E-state index contributed by atoms with van der Waals surface area (Å²) in [6.07, 6.45) is 3.77. The Morgan fingerprint density at radius 3 is 2.18 bits per heavy atom. The van der Waals surface area contributed by atoms with Crippen LogP contribution in [0, 0.1) is 0 Å². The van der Waals surface area contributed by atoms with Crippen LogP contribution in [-0.4, -0.2) is 16.7 Å². The van der Waals surface area contributed by atoms with Gasteiger partial charge >= 0.3 is 0 Å². The van der Waals surface area contributed by atoms with E-state index in [4.69, 9.17) is 0 Å². The topological polar surface area (TPSA) is 37.4 Å². The Morgan fingerprint density at radius 2 is 1.82 bits per heavy atom. The fourth-order valence-corrected chi connectivity index (χ4v) is 0.775. The van der Waals surface area contributed by atoms with Crippen molar-refractivity contribution in [3.63, 3.8) is 0 Å². The summed E-state index contributed by atoms with van der Waals surface area (Å²) in [6.45, 7) is 6.88. The molecule has 0 saturated carbocycles. The number of amides is 2. The highest BCUT2D eigenvalue weighted by molar-refractivity contribution is 6.14. The van der Waals surface area contributed by atoms with E-state index in [-0.39, 0.29) is 11.8 Å². The first kappa shape index (κ1) is 7.47. The number of carbonyl (C=O) groups excluding carboxylic acids is 2. The summed E-state index contributed by atoms with van der Waals surface area (Å²) >= 11 is 0. The Morgan fingerprint density at radius 1 is 1.36 bits per heavy atom. The van der Waals surface area contributed by atoms with Crippen LogP contribution in [0.3, 0.4) is 0 Å². The molecule has 56 valence electrons. The highest BCUT2D eigenvalue weighted by Crippen LogP contribution is 2.10. The molecule has 3 nitrogen and oxygen atoms in total. The van der Waals surface area contributed by atoms with E-state index >= 15 is 0 Å². The first-order valence-corrected chi connectivity index (χ1v) is 3.04. The lowest BCUT2D eigenvalue weighted by Crippen LogP contribution is -2.27. The van der Waals surface area contributed by atoms with Crippen molar-refractivity contribution in [3.05, 3.63) is 37.1 Å². The smallest absolute Gasteiger partial charge is 0.258 e. The minimum atomic E-state index is -0.361. The van der Waals surface area contributed by atoms with Gasteiger partial charge < -0.3 is 0 Å². The predicted molar refractivity (Wildman–Crippen MR) is 40.3 cm³/mol. The third-order valence-corrected chi connectivity index (χ3v) is 1.33. The van der Waals surface area contributed by atoms with Gasteiger partial charge in [-0.05, 0) is 6.08 Å². The van der Waals surface area contributed by atoms with Crippen LogP contribution in [0.25, 0.3) is 0 Å². The van der Waals surface area contributed by atoms with Crippen LogP contribution in [0.2, 0.25) is 0 Å². The van der Waals surface area contributed by atoms with Gasteiger partial charge in [-0.25, -0.2) is 4.90 Å². The molecule has 11 heavy (non-hydrogen) atoms. The molecular formula is C8H7NO2. The maximum Gasteiger partial charge on any atom is 0.258 e. The van der Waals surface area contributed by atoms with Crippen molar-refractivity contribution >= 4 is 11.8 Å². The van der Waals surface area contributed by atoms with Gasteiger partial charge in [-0.1, -0.05) is 13.2 Å². The Balaban J connectivity index is 2.90. The van der Waals surface area contributed by atoms with Crippen LogP contribution in [-0.2, 0) is 9.59 Å². The molecule has 0 unspecified atom stereocenters. The summed E-state index contributed by atoms with van der Waals surface area (Å²) < 4.78 is 0. The molecule has 2 amide bonds. The third-order valence-electron chi connectivity index (χ3n) is 1.33. The Bertz CT molecular complexity index is 258. The summed E-state index contributed by atoms with van der Waals surface area (Å²) in [5.41, 5.74) is 0.310. The second-order valence-electron chi connectivity index (χ2n) is 2.04. The molecule has 1 aliphatic rings. The van der Waals surface area contributed by atoms with Gasteiger partial charge in [0.1, 0.15) is 0 Å². The van der Waals surface area contributed by atoms with Crippen LogP contribution >= 0.6 is 0 Å². The third kappa shape index (κ3) is 1.12. The van der Waals surface area contributed by atoms with Crippen molar-refractivity contribution in [3.8, 4) is 0 Å². The van der Waals surface area contributed by atoms with E-state index in [9.17, 15) is 9.59 Å². The predicted octanol–water partition coefficient (Wildman–Crippen LogP) is 0.611. The zero-order valence-electron chi connectivity index (χ0n) is 5.91. The molecule has 0 aromatic heterocycles. The van der Waals surface area contributed by atoms with Gasteiger partial charge in [0.2, 0.25) is 0 Å². The quantitative estimate of drug-likeness (QED) is 0.426. The molecule has 0 aromatic rings. The lowest BCUT2D eigenvalue weighted by molar-refractivity contribution is -0.134. The highest BCUT2D eigenvalue weighted by Gasteiger charge is 2.23. The van der Waals surface area contributed by atoms with Crippen molar-refractivity contribution in [1.29, 1.82) is 0 Å². The Kier molecular flexibility index (Phi) is 1.72. The van der Waals surface area contributed by atoms with Gasteiger partial charge in [-0.2, -0.15) is 0 Å². The molecule has 0 atom stereocenters. The Labute approximate surface area is 64.3 Å². The van der Waals surface area contributed by atoms with Gasteiger partial charge in [0.15, 0.2) is 0 Å². The van der Waals surface area contributed by atoms with Crippen LogP contribution < -0.4 is 0 Å². The molecule has 0 N–H and O–H groups in total. The van der Waals surface area contributed by atoms with Gasteiger partial charge in [-0.3, -0.25) is 9.59 Å². The monoisotopic (exact) mass is 149 g/mol. The standard InChI is InChI=1S/C8H7NO2/c1-3-6(2)9-7(10)4-5-8(9)11/h3-5H,1-2H2. The van der Waals surface area contributed by atoms with Crippen molar-refractivity contribution in [2.24, 2.45) is 0 Å². The molecule has 0 spiro atoms. The van der Waals surface area contributed by atoms with E-state index in [0.717, 1.165) is 4.90 Å². The van der Waals surface area contributed by atoms with E-state index < -0.39 is 0 Å². The summed E-state index contributed by atoms with van der Waals surface area (Å²) in [5.74, 6) is -0.722. The molecule has 0 aliphatic carbocycles. The molecule has 0 aromatic carbocycles. The van der Waals surface area contributed by atoms with Crippen LogP contribution in [0.4, 0.5) is 0 Å². The van der Waals surface area contributed by atoms with Crippen molar-refractivity contribution in [1.82, 2.24) is 4.90 Å². The second-order valence-corrected chi connectivity index (χ2v) is 2.04. The number of hydrogen-bond donors (Lipinski definition) is 0. The van der Waals surface area contributed by atoms with Crippen LogP contribution in [0.1, 0.15) is 0 Å².